The molecule has 0 radical (unpaired) electrons. The normalized spacial score (nSPS) is 11.0. The van der Waals surface area contributed by atoms with E-state index in [0.717, 1.165) is 18.0 Å². The Bertz CT molecular complexity index is 317. The van der Waals surface area contributed by atoms with Gasteiger partial charge in [0.1, 0.15) is 18.1 Å². The van der Waals surface area contributed by atoms with Crippen LogP contribution in [0, 0.1) is 0 Å². The summed E-state index contributed by atoms with van der Waals surface area (Å²) in [6, 6.07) is 7.58. The summed E-state index contributed by atoms with van der Waals surface area (Å²) in [5.41, 5.74) is 0. The fourth-order valence-corrected chi connectivity index (χ4v) is 1.17. The Balaban J connectivity index is 2.29. The molecular weight excluding hydrogens is 202 g/mol. The number of methoxy groups -OCH3 is 1. The topological polar surface area (TPSA) is 21.7 Å². The maximum atomic E-state index is 5.53. The van der Waals surface area contributed by atoms with E-state index < -0.39 is 0 Å². The molecule has 0 aromatic heterocycles. The fraction of sp³-hybridized carbons (Fsp3) is 0.385. The van der Waals surface area contributed by atoms with Crippen LogP contribution in [0.25, 0.3) is 0 Å². The Labute approximate surface area is 97.3 Å². The first-order valence-electron chi connectivity index (χ1n) is 5.29. The molecule has 1 rings (SSSR count). The van der Waals surface area contributed by atoms with Crippen molar-refractivity contribution in [3.8, 4) is 11.5 Å². The maximum absolute atomic E-state index is 5.53. The molecule has 0 N–H and O–H groups in total. The summed E-state index contributed by atoms with van der Waals surface area (Å²) in [4.78, 5) is 2.10. The monoisotopic (exact) mass is 221 g/mol. The van der Waals surface area contributed by atoms with Gasteiger partial charge in [0, 0.05) is 6.54 Å². The average Bonchev–Trinajstić information content (AvgIpc) is 2.29. The third-order valence-corrected chi connectivity index (χ3v) is 2.04. The number of nitrogens with zero attached hydrogens (tertiary/aromatic N) is 1. The third-order valence-electron chi connectivity index (χ3n) is 2.04. The molecule has 0 aliphatic heterocycles. The van der Waals surface area contributed by atoms with Crippen LogP contribution in [0.3, 0.4) is 0 Å². The first kappa shape index (κ1) is 12.6. The van der Waals surface area contributed by atoms with E-state index >= 15 is 0 Å². The average molecular weight is 221 g/mol. The molecule has 0 aliphatic carbocycles. The summed E-state index contributed by atoms with van der Waals surface area (Å²) in [7, 11) is 5.73. The zero-order valence-corrected chi connectivity index (χ0v) is 10.1. The first-order valence-corrected chi connectivity index (χ1v) is 5.29. The summed E-state index contributed by atoms with van der Waals surface area (Å²) < 4.78 is 10.6. The molecule has 0 heterocycles. The summed E-state index contributed by atoms with van der Waals surface area (Å²) in [5.74, 6) is 1.70. The Morgan fingerprint density at radius 1 is 1.06 bits per heavy atom. The van der Waals surface area contributed by atoms with E-state index in [9.17, 15) is 0 Å². The zero-order chi connectivity index (χ0) is 11.8. The van der Waals surface area contributed by atoms with Gasteiger partial charge in [0.05, 0.1) is 7.11 Å². The molecule has 0 saturated heterocycles. The number of likely N-dealkylation sites (N-methyl/N-ethyl adjacent to an activating group) is 1. The van der Waals surface area contributed by atoms with Crippen molar-refractivity contribution in [2.75, 3.05) is 34.4 Å². The number of hydrogen-bond donors (Lipinski definition) is 0. The first-order chi connectivity index (χ1) is 7.72. The minimum absolute atomic E-state index is 0.597. The molecule has 16 heavy (non-hydrogen) atoms. The van der Waals surface area contributed by atoms with E-state index in [1.54, 1.807) is 7.11 Å². The van der Waals surface area contributed by atoms with Crippen LogP contribution in [0.15, 0.2) is 36.4 Å². The van der Waals surface area contributed by atoms with Gasteiger partial charge in [0.25, 0.3) is 0 Å². The molecule has 0 unspecified atom stereocenters. The van der Waals surface area contributed by atoms with Crippen LogP contribution in [-0.2, 0) is 0 Å². The van der Waals surface area contributed by atoms with Crippen LogP contribution < -0.4 is 9.47 Å². The third kappa shape index (κ3) is 4.84. The van der Waals surface area contributed by atoms with Crippen LogP contribution in [0.5, 0.6) is 11.5 Å². The van der Waals surface area contributed by atoms with Crippen molar-refractivity contribution in [3.05, 3.63) is 36.4 Å². The van der Waals surface area contributed by atoms with Gasteiger partial charge >= 0.3 is 0 Å². The van der Waals surface area contributed by atoms with Crippen molar-refractivity contribution < 1.29 is 9.47 Å². The molecule has 3 heteroatoms. The Kier molecular flexibility index (Phi) is 5.43. The number of ether oxygens (including phenoxy) is 2. The minimum atomic E-state index is 0.597. The lowest BCUT2D eigenvalue weighted by molar-refractivity contribution is 0.359. The SMILES string of the molecule is COc1ccc(OC/C=C/CN(C)C)cc1. The summed E-state index contributed by atoms with van der Waals surface area (Å²) >= 11 is 0. The molecular formula is C13H19NO2. The Morgan fingerprint density at radius 2 is 1.69 bits per heavy atom. The molecule has 0 fully saturated rings. The molecule has 0 bridgehead atoms. The van der Waals surface area contributed by atoms with Gasteiger partial charge in [-0.3, -0.25) is 0 Å². The summed E-state index contributed by atoms with van der Waals surface area (Å²) in [6.07, 6.45) is 4.10. The van der Waals surface area contributed by atoms with E-state index in [1.807, 2.05) is 44.4 Å². The summed E-state index contributed by atoms with van der Waals surface area (Å²) in [6.45, 7) is 1.53. The largest absolute Gasteiger partial charge is 0.497 e. The highest BCUT2D eigenvalue weighted by atomic mass is 16.5. The smallest absolute Gasteiger partial charge is 0.120 e. The maximum Gasteiger partial charge on any atom is 0.120 e. The number of hydrogen-bond acceptors (Lipinski definition) is 3. The second-order valence-electron chi connectivity index (χ2n) is 3.72. The van der Waals surface area contributed by atoms with Crippen LogP contribution in [0.1, 0.15) is 0 Å². The van der Waals surface area contributed by atoms with Crippen molar-refractivity contribution in [2.24, 2.45) is 0 Å². The Hall–Kier alpha value is -1.48. The predicted octanol–water partition coefficient (Wildman–Crippen LogP) is 2.19. The lowest BCUT2D eigenvalue weighted by atomic mass is 10.3. The van der Waals surface area contributed by atoms with Gasteiger partial charge in [-0.15, -0.1) is 0 Å². The van der Waals surface area contributed by atoms with Crippen molar-refractivity contribution >= 4 is 0 Å². The molecule has 0 spiro atoms. The van der Waals surface area contributed by atoms with Crippen LogP contribution >= 0.6 is 0 Å². The lowest BCUT2D eigenvalue weighted by Crippen LogP contribution is -2.10. The van der Waals surface area contributed by atoms with Gasteiger partial charge in [0.2, 0.25) is 0 Å². The van der Waals surface area contributed by atoms with Gasteiger partial charge in [-0.1, -0.05) is 12.2 Å². The standard InChI is InChI=1S/C13H19NO2/c1-14(2)10-4-5-11-16-13-8-6-12(15-3)7-9-13/h4-9H,10-11H2,1-3H3/b5-4+. The Morgan fingerprint density at radius 3 is 2.25 bits per heavy atom. The van der Waals surface area contributed by atoms with E-state index in [-0.39, 0.29) is 0 Å². The second kappa shape index (κ2) is 6.90. The van der Waals surface area contributed by atoms with Gasteiger partial charge in [-0.2, -0.15) is 0 Å². The van der Waals surface area contributed by atoms with Crippen molar-refractivity contribution in [3.63, 3.8) is 0 Å². The van der Waals surface area contributed by atoms with E-state index in [4.69, 9.17) is 9.47 Å². The quantitative estimate of drug-likeness (QED) is 0.687. The molecule has 3 nitrogen and oxygen atoms in total. The van der Waals surface area contributed by atoms with Crippen LogP contribution in [0.4, 0.5) is 0 Å². The van der Waals surface area contributed by atoms with Gasteiger partial charge in [-0.05, 0) is 38.4 Å². The molecule has 88 valence electrons. The predicted molar refractivity (Wildman–Crippen MR) is 66.2 cm³/mol. The van der Waals surface area contributed by atoms with Gasteiger partial charge in [-0.25, -0.2) is 0 Å². The second-order valence-corrected chi connectivity index (χ2v) is 3.72. The van der Waals surface area contributed by atoms with Crippen LogP contribution in [-0.4, -0.2) is 39.3 Å². The number of benzene rings is 1. The molecule has 0 amide bonds. The van der Waals surface area contributed by atoms with Gasteiger partial charge in [0.15, 0.2) is 0 Å². The van der Waals surface area contributed by atoms with Crippen LogP contribution in [0.2, 0.25) is 0 Å². The molecule has 1 aromatic rings. The molecule has 1 aromatic carbocycles. The molecule has 0 atom stereocenters. The highest BCUT2D eigenvalue weighted by Gasteiger charge is 1.92. The van der Waals surface area contributed by atoms with Gasteiger partial charge < -0.3 is 14.4 Å². The highest BCUT2D eigenvalue weighted by molar-refractivity contribution is 5.31. The van der Waals surface area contributed by atoms with E-state index in [2.05, 4.69) is 11.0 Å². The van der Waals surface area contributed by atoms with E-state index in [0.29, 0.717) is 6.61 Å². The van der Waals surface area contributed by atoms with Crippen molar-refractivity contribution in [2.45, 2.75) is 0 Å². The van der Waals surface area contributed by atoms with Crippen molar-refractivity contribution in [1.82, 2.24) is 4.90 Å². The molecule has 0 aliphatic rings. The lowest BCUT2D eigenvalue weighted by Gasteiger charge is -2.05. The highest BCUT2D eigenvalue weighted by Crippen LogP contribution is 2.16. The summed E-state index contributed by atoms with van der Waals surface area (Å²) in [5, 5.41) is 0. The minimum Gasteiger partial charge on any atom is -0.497 e. The number of rotatable bonds is 6. The van der Waals surface area contributed by atoms with E-state index in [1.165, 1.54) is 0 Å². The fourth-order valence-electron chi connectivity index (χ4n) is 1.17. The zero-order valence-electron chi connectivity index (χ0n) is 10.1. The molecule has 0 saturated carbocycles. The van der Waals surface area contributed by atoms with Crippen molar-refractivity contribution in [1.29, 1.82) is 0 Å².